The number of anilines is 1. The highest BCUT2D eigenvalue weighted by Gasteiger charge is 2.33. The van der Waals surface area contributed by atoms with E-state index in [9.17, 15) is 9.59 Å². The summed E-state index contributed by atoms with van der Waals surface area (Å²) in [6.45, 7) is 2.42. The number of rotatable bonds is 5. The third-order valence-corrected chi connectivity index (χ3v) is 6.70. The van der Waals surface area contributed by atoms with Gasteiger partial charge in [0, 0.05) is 14.8 Å². The molecule has 0 bridgehead atoms. The summed E-state index contributed by atoms with van der Waals surface area (Å²) in [7, 11) is 0. The van der Waals surface area contributed by atoms with Crippen LogP contribution in [0, 0.1) is 10.5 Å². The number of hydrogen-bond donors (Lipinski definition) is 1. The van der Waals surface area contributed by atoms with Crippen molar-refractivity contribution in [1.82, 2.24) is 4.90 Å². The molecular formula is C22H19IN2O3S. The van der Waals surface area contributed by atoms with E-state index in [1.165, 1.54) is 0 Å². The molecule has 7 heteroatoms. The average molecular weight is 518 g/mol. The standard InChI is InChI=1S/C22H19IN2O3S/c1-14-11-17(23)8-9-19(14)24-21(27)15-4-6-16(7-5-15)22-25(20(26)13-29-22)12-18-3-2-10-28-18/h2-11,22H,12-13H2,1H3,(H,24,27)/t22-/m0/s1. The van der Waals surface area contributed by atoms with Crippen molar-refractivity contribution in [2.75, 3.05) is 11.1 Å². The van der Waals surface area contributed by atoms with Gasteiger partial charge in [-0.05, 0) is 83.1 Å². The number of aryl methyl sites for hydroxylation is 1. The van der Waals surface area contributed by atoms with Crippen LogP contribution in [-0.4, -0.2) is 22.5 Å². The number of carbonyl (C=O) groups is 2. The van der Waals surface area contributed by atoms with Gasteiger partial charge in [-0.15, -0.1) is 11.8 Å². The van der Waals surface area contributed by atoms with E-state index in [1.54, 1.807) is 30.2 Å². The maximum Gasteiger partial charge on any atom is 0.255 e. The quantitative estimate of drug-likeness (QED) is 0.471. The second kappa shape index (κ2) is 8.62. The van der Waals surface area contributed by atoms with Gasteiger partial charge in [0.05, 0.1) is 18.6 Å². The summed E-state index contributed by atoms with van der Waals surface area (Å²) in [5.41, 5.74) is 3.41. The van der Waals surface area contributed by atoms with Crippen LogP contribution in [0.5, 0.6) is 0 Å². The van der Waals surface area contributed by atoms with Crippen molar-refractivity contribution in [2.45, 2.75) is 18.8 Å². The Morgan fingerprint density at radius 3 is 2.72 bits per heavy atom. The lowest BCUT2D eigenvalue weighted by Gasteiger charge is -2.23. The molecule has 1 atom stereocenters. The van der Waals surface area contributed by atoms with E-state index in [-0.39, 0.29) is 17.2 Å². The van der Waals surface area contributed by atoms with Crippen LogP contribution in [-0.2, 0) is 11.3 Å². The smallest absolute Gasteiger partial charge is 0.255 e. The van der Waals surface area contributed by atoms with Crippen LogP contribution in [0.3, 0.4) is 0 Å². The SMILES string of the molecule is Cc1cc(I)ccc1NC(=O)c1ccc([C@@H]2SCC(=O)N2Cc2ccco2)cc1. The minimum Gasteiger partial charge on any atom is -0.467 e. The largest absolute Gasteiger partial charge is 0.467 e. The predicted octanol–water partition coefficient (Wildman–Crippen LogP) is 5.22. The monoisotopic (exact) mass is 518 g/mol. The van der Waals surface area contributed by atoms with Gasteiger partial charge in [-0.3, -0.25) is 9.59 Å². The number of hydrogen-bond acceptors (Lipinski definition) is 4. The molecule has 1 aromatic heterocycles. The average Bonchev–Trinajstić information content (AvgIpc) is 3.35. The highest BCUT2D eigenvalue weighted by molar-refractivity contribution is 14.1. The van der Waals surface area contributed by atoms with Gasteiger partial charge in [0.25, 0.3) is 5.91 Å². The molecule has 0 saturated carbocycles. The fraction of sp³-hybridized carbons (Fsp3) is 0.182. The molecule has 29 heavy (non-hydrogen) atoms. The normalized spacial score (nSPS) is 16.3. The minimum atomic E-state index is -0.150. The Bertz CT molecular complexity index is 1030. The Morgan fingerprint density at radius 2 is 2.03 bits per heavy atom. The molecule has 0 spiro atoms. The summed E-state index contributed by atoms with van der Waals surface area (Å²) < 4.78 is 6.53. The van der Waals surface area contributed by atoms with Crippen molar-refractivity contribution in [2.24, 2.45) is 0 Å². The van der Waals surface area contributed by atoms with E-state index in [0.29, 0.717) is 17.9 Å². The lowest BCUT2D eigenvalue weighted by molar-refractivity contribution is -0.128. The van der Waals surface area contributed by atoms with Crippen LogP contribution >= 0.6 is 34.4 Å². The zero-order chi connectivity index (χ0) is 20.4. The van der Waals surface area contributed by atoms with Crippen molar-refractivity contribution in [3.05, 3.63) is 86.9 Å². The van der Waals surface area contributed by atoms with E-state index >= 15 is 0 Å². The third kappa shape index (κ3) is 4.51. The van der Waals surface area contributed by atoms with E-state index in [4.69, 9.17) is 4.42 Å². The first-order chi connectivity index (χ1) is 14.0. The van der Waals surface area contributed by atoms with Gasteiger partial charge >= 0.3 is 0 Å². The van der Waals surface area contributed by atoms with E-state index in [2.05, 4.69) is 27.9 Å². The van der Waals surface area contributed by atoms with E-state index in [1.807, 2.05) is 54.3 Å². The summed E-state index contributed by atoms with van der Waals surface area (Å²) in [6, 6.07) is 17.0. The molecule has 2 amide bonds. The van der Waals surface area contributed by atoms with Gasteiger partial charge in [0.15, 0.2) is 0 Å². The molecule has 1 N–H and O–H groups in total. The number of furan rings is 1. The number of halogens is 1. The Balaban J connectivity index is 1.48. The summed E-state index contributed by atoms with van der Waals surface area (Å²) in [6.07, 6.45) is 1.61. The van der Waals surface area contributed by atoms with Crippen molar-refractivity contribution in [3.8, 4) is 0 Å². The number of carbonyl (C=O) groups excluding carboxylic acids is 2. The van der Waals surface area contributed by atoms with Gasteiger partial charge in [-0.2, -0.15) is 0 Å². The molecule has 2 aromatic carbocycles. The molecule has 0 radical (unpaired) electrons. The maximum atomic E-state index is 12.6. The van der Waals surface area contributed by atoms with Crippen LogP contribution < -0.4 is 5.32 Å². The number of benzene rings is 2. The van der Waals surface area contributed by atoms with Crippen LogP contribution in [0.4, 0.5) is 5.69 Å². The Kier molecular flexibility index (Phi) is 5.96. The second-order valence-corrected chi connectivity index (χ2v) is 9.11. The van der Waals surface area contributed by atoms with Crippen molar-refractivity contribution < 1.29 is 14.0 Å². The Labute approximate surface area is 187 Å². The predicted molar refractivity (Wildman–Crippen MR) is 123 cm³/mol. The van der Waals surface area contributed by atoms with Crippen LogP contribution in [0.1, 0.15) is 32.6 Å². The number of nitrogens with zero attached hydrogens (tertiary/aromatic N) is 1. The Hall–Kier alpha value is -2.26. The van der Waals surface area contributed by atoms with Crippen molar-refractivity contribution in [1.29, 1.82) is 0 Å². The molecule has 0 aliphatic carbocycles. The fourth-order valence-electron chi connectivity index (χ4n) is 3.23. The first-order valence-electron chi connectivity index (χ1n) is 9.12. The minimum absolute atomic E-state index is 0.0804. The van der Waals surface area contributed by atoms with Crippen LogP contribution in [0.2, 0.25) is 0 Å². The van der Waals surface area contributed by atoms with Gasteiger partial charge in [0.1, 0.15) is 11.1 Å². The highest BCUT2D eigenvalue weighted by Crippen LogP contribution is 2.39. The van der Waals surface area contributed by atoms with E-state index in [0.717, 1.165) is 26.1 Å². The summed E-state index contributed by atoms with van der Waals surface area (Å²) in [4.78, 5) is 26.7. The lowest BCUT2D eigenvalue weighted by Crippen LogP contribution is -2.27. The summed E-state index contributed by atoms with van der Waals surface area (Å²) in [5, 5.41) is 2.88. The lowest BCUT2D eigenvalue weighted by atomic mass is 10.1. The van der Waals surface area contributed by atoms with Gasteiger partial charge in [0.2, 0.25) is 5.91 Å². The first-order valence-corrected chi connectivity index (χ1v) is 11.2. The number of amides is 2. The summed E-state index contributed by atoms with van der Waals surface area (Å²) >= 11 is 3.84. The van der Waals surface area contributed by atoms with E-state index < -0.39 is 0 Å². The molecule has 3 aromatic rings. The first kappa shape index (κ1) is 20.0. The van der Waals surface area contributed by atoms with Gasteiger partial charge in [-0.25, -0.2) is 0 Å². The van der Waals surface area contributed by atoms with Gasteiger partial charge in [-0.1, -0.05) is 12.1 Å². The Morgan fingerprint density at radius 1 is 1.24 bits per heavy atom. The summed E-state index contributed by atoms with van der Waals surface area (Å²) in [5.74, 6) is 1.14. The topological polar surface area (TPSA) is 62.6 Å². The molecule has 148 valence electrons. The number of nitrogens with one attached hydrogen (secondary N) is 1. The third-order valence-electron chi connectivity index (χ3n) is 4.77. The van der Waals surface area contributed by atoms with Crippen LogP contribution in [0.15, 0.2) is 65.3 Å². The molecule has 4 rings (SSSR count). The van der Waals surface area contributed by atoms with Gasteiger partial charge < -0.3 is 14.6 Å². The molecule has 1 fully saturated rings. The number of thioether (sulfide) groups is 1. The van der Waals surface area contributed by atoms with Crippen molar-refractivity contribution >= 4 is 51.9 Å². The molecule has 1 aliphatic rings. The fourth-order valence-corrected chi connectivity index (χ4v) is 5.07. The molecule has 1 aliphatic heterocycles. The van der Waals surface area contributed by atoms with Crippen molar-refractivity contribution in [3.63, 3.8) is 0 Å². The molecule has 5 nitrogen and oxygen atoms in total. The maximum absolute atomic E-state index is 12.6. The molecule has 2 heterocycles. The molecular weight excluding hydrogens is 499 g/mol. The zero-order valence-corrected chi connectivity index (χ0v) is 18.7. The molecule has 0 unspecified atom stereocenters. The zero-order valence-electron chi connectivity index (χ0n) is 15.7. The van der Waals surface area contributed by atoms with Crippen LogP contribution in [0.25, 0.3) is 0 Å². The second-order valence-electron chi connectivity index (χ2n) is 6.80. The highest BCUT2D eigenvalue weighted by atomic mass is 127. The molecule has 1 saturated heterocycles.